The predicted octanol–water partition coefficient (Wildman–Crippen LogP) is 7.25. The minimum absolute atomic E-state index is 0.185. The number of hydrogen-bond donors (Lipinski definition) is 2. The lowest BCUT2D eigenvalue weighted by Gasteiger charge is -2.24. The topological polar surface area (TPSA) is 84.2 Å². The molecule has 1 aliphatic rings. The molecule has 0 unspecified atom stereocenters. The van der Waals surface area contributed by atoms with E-state index < -0.39 is 6.10 Å². The number of thiazole rings is 1. The van der Waals surface area contributed by atoms with E-state index in [1.165, 1.54) is 11.3 Å². The zero-order valence-electron chi connectivity index (χ0n) is 24.6. The third-order valence-electron chi connectivity index (χ3n) is 8.01. The van der Waals surface area contributed by atoms with Crippen molar-refractivity contribution in [3.05, 3.63) is 91.7 Å². The van der Waals surface area contributed by atoms with Crippen LogP contribution in [0.15, 0.2) is 58.7 Å². The quantitative estimate of drug-likeness (QED) is 0.211. The summed E-state index contributed by atoms with van der Waals surface area (Å²) in [6.45, 7) is 8.36. The van der Waals surface area contributed by atoms with Crippen molar-refractivity contribution in [3.8, 4) is 27.5 Å². The smallest absolute Gasteiger partial charge is 0.265 e. The normalized spacial score (nSPS) is 16.7. The first kappa shape index (κ1) is 30.2. The second-order valence-corrected chi connectivity index (χ2v) is 12.7. The highest BCUT2D eigenvalue weighted by atomic mass is 35.5. The average Bonchev–Trinajstić information content (AvgIpc) is 3.62. The number of nitrogens with one attached hydrogen (secondary N) is 1. The van der Waals surface area contributed by atoms with Gasteiger partial charge in [-0.2, -0.15) is 0 Å². The van der Waals surface area contributed by atoms with Gasteiger partial charge in [0, 0.05) is 21.7 Å². The maximum atomic E-state index is 14.6. The Morgan fingerprint density at radius 3 is 2.40 bits per heavy atom. The summed E-state index contributed by atoms with van der Waals surface area (Å²) in [5, 5.41) is 16.7. The molecule has 1 aliphatic carbocycles. The lowest BCUT2D eigenvalue weighted by Crippen LogP contribution is -2.41. The van der Waals surface area contributed by atoms with E-state index >= 15 is 0 Å². The highest BCUT2D eigenvalue weighted by Crippen LogP contribution is 2.32. The van der Waals surface area contributed by atoms with Crippen molar-refractivity contribution in [2.24, 2.45) is 5.92 Å². The van der Waals surface area contributed by atoms with Crippen LogP contribution in [0.5, 0.6) is 0 Å². The van der Waals surface area contributed by atoms with Crippen LogP contribution in [0.1, 0.15) is 74.1 Å². The van der Waals surface area contributed by atoms with Crippen LogP contribution in [0.3, 0.4) is 0 Å². The second kappa shape index (κ2) is 12.9. The molecule has 0 aliphatic heterocycles. The molecule has 1 fully saturated rings. The van der Waals surface area contributed by atoms with Gasteiger partial charge < -0.3 is 10.4 Å². The van der Waals surface area contributed by atoms with Crippen molar-refractivity contribution in [3.63, 3.8) is 0 Å². The van der Waals surface area contributed by atoms with E-state index in [1.54, 1.807) is 10.6 Å². The van der Waals surface area contributed by atoms with Crippen molar-refractivity contribution in [1.29, 1.82) is 0 Å². The molecule has 2 N–H and O–H groups in total. The maximum absolute atomic E-state index is 14.6. The zero-order chi connectivity index (χ0) is 30.0. The molecule has 0 radical (unpaired) electrons. The van der Waals surface area contributed by atoms with Gasteiger partial charge in [0.2, 0.25) is 0 Å². The van der Waals surface area contributed by atoms with Crippen molar-refractivity contribution in [2.75, 3.05) is 0 Å². The van der Waals surface area contributed by atoms with Crippen molar-refractivity contribution < 1.29 is 9.90 Å². The summed E-state index contributed by atoms with van der Waals surface area (Å²) in [4.78, 5) is 33.5. The maximum Gasteiger partial charge on any atom is 0.265 e. The summed E-state index contributed by atoms with van der Waals surface area (Å²) in [7, 11) is 0. The molecule has 2 aromatic carbocycles. The van der Waals surface area contributed by atoms with E-state index in [2.05, 4.69) is 45.1 Å². The minimum Gasteiger partial charge on any atom is -0.391 e. The largest absolute Gasteiger partial charge is 0.391 e. The van der Waals surface area contributed by atoms with Crippen LogP contribution < -0.4 is 10.9 Å². The van der Waals surface area contributed by atoms with Gasteiger partial charge in [-0.25, -0.2) is 4.98 Å². The monoisotopic (exact) mass is 603 g/mol. The second-order valence-electron chi connectivity index (χ2n) is 11.4. The molecule has 2 atom stereocenters. The van der Waals surface area contributed by atoms with Crippen LogP contribution in [0, 0.1) is 5.92 Å². The van der Waals surface area contributed by atoms with Crippen LogP contribution in [0.2, 0.25) is 5.02 Å². The molecule has 0 spiro atoms. The van der Waals surface area contributed by atoms with Gasteiger partial charge >= 0.3 is 0 Å². The molecule has 5 rings (SSSR count). The fourth-order valence-electron chi connectivity index (χ4n) is 5.84. The molecule has 42 heavy (non-hydrogen) atoms. The van der Waals surface area contributed by atoms with E-state index in [0.29, 0.717) is 39.7 Å². The Bertz CT molecular complexity index is 1620. The van der Waals surface area contributed by atoms with Crippen LogP contribution >= 0.6 is 22.9 Å². The number of amides is 1. The number of hydrogen-bond acceptors (Lipinski definition) is 5. The fraction of sp³-hybridized carbons (Fsp3) is 0.382. The van der Waals surface area contributed by atoms with Crippen molar-refractivity contribution >= 4 is 28.8 Å². The average molecular weight is 604 g/mol. The number of carbonyl (C=O) groups excluding carboxylic acids is 1. The van der Waals surface area contributed by atoms with Gasteiger partial charge in [0.05, 0.1) is 34.7 Å². The van der Waals surface area contributed by atoms with Gasteiger partial charge in [0.15, 0.2) is 0 Å². The third-order valence-corrected chi connectivity index (χ3v) is 9.14. The Labute approximate surface area is 256 Å². The van der Waals surface area contributed by atoms with E-state index in [9.17, 15) is 14.7 Å². The Kier molecular flexibility index (Phi) is 9.31. The highest BCUT2D eigenvalue weighted by Gasteiger charge is 2.30. The first-order valence-electron chi connectivity index (χ1n) is 14.8. The Balaban J connectivity index is 1.77. The molecule has 0 saturated heterocycles. The number of aryl methyl sites for hydroxylation is 2. The van der Waals surface area contributed by atoms with Crippen LogP contribution in [-0.4, -0.2) is 32.7 Å². The predicted molar refractivity (Wildman–Crippen MR) is 172 cm³/mol. The Morgan fingerprint density at radius 1 is 1.12 bits per heavy atom. The van der Waals surface area contributed by atoms with Crippen molar-refractivity contribution in [1.82, 2.24) is 14.9 Å². The van der Waals surface area contributed by atoms with Gasteiger partial charge in [-0.3, -0.25) is 14.2 Å². The molecule has 2 aromatic heterocycles. The third kappa shape index (κ3) is 6.10. The number of rotatable bonds is 9. The lowest BCUT2D eigenvalue weighted by molar-refractivity contribution is 0.0871. The van der Waals surface area contributed by atoms with Gasteiger partial charge in [-0.05, 0) is 73.8 Å². The van der Waals surface area contributed by atoms with E-state index in [-0.39, 0.29) is 23.4 Å². The number of benzene rings is 2. The molecule has 1 saturated carbocycles. The van der Waals surface area contributed by atoms with E-state index in [1.807, 2.05) is 35.7 Å². The van der Waals surface area contributed by atoms with E-state index in [0.717, 1.165) is 53.8 Å². The molecular formula is C34H38ClN3O3S. The molecule has 2 heterocycles. The number of para-hydroxylation sites is 1. The van der Waals surface area contributed by atoms with Gasteiger partial charge in [0.25, 0.3) is 11.5 Å². The number of aromatic nitrogens is 2. The summed E-state index contributed by atoms with van der Waals surface area (Å²) in [5.74, 6) is -0.0755. The molecule has 6 nitrogen and oxygen atoms in total. The zero-order valence-corrected chi connectivity index (χ0v) is 26.2. The number of carbonyl (C=O) groups is 1. The van der Waals surface area contributed by atoms with Crippen LogP contribution in [0.4, 0.5) is 0 Å². The van der Waals surface area contributed by atoms with Gasteiger partial charge in [-0.1, -0.05) is 69.6 Å². The lowest BCUT2D eigenvalue weighted by atomic mass is 9.97. The van der Waals surface area contributed by atoms with Gasteiger partial charge in [0.1, 0.15) is 5.01 Å². The number of aliphatic hydroxyl groups is 1. The van der Waals surface area contributed by atoms with Crippen LogP contribution in [0.25, 0.3) is 27.5 Å². The van der Waals surface area contributed by atoms with Crippen molar-refractivity contribution in [2.45, 2.75) is 78.4 Å². The Hall–Kier alpha value is -3.26. The molecule has 4 aromatic rings. The summed E-state index contributed by atoms with van der Waals surface area (Å²) in [6.07, 6.45) is 3.73. The standard InChI is InChI=1S/C34H38ClN3O3S/c1-5-21-9-7-10-22(6-2)31(21)38-29(17-20(3)4)25(32(40)36-27-11-8-12-30(27)39)18-26(34(38)41)33-37-28(19-42-33)23-13-15-24(35)16-14-23/h7,9-10,13-16,18-20,27,30,39H,5-6,8,11-12,17H2,1-4H3,(H,36,40)/t27-,30-/m1/s1. The molecule has 220 valence electrons. The summed E-state index contributed by atoms with van der Waals surface area (Å²) in [5.41, 5.74) is 5.95. The number of pyridine rings is 1. The first-order valence-corrected chi connectivity index (χ1v) is 16.1. The summed E-state index contributed by atoms with van der Waals surface area (Å²) in [6, 6.07) is 15.0. The first-order chi connectivity index (χ1) is 20.2. The number of aliphatic hydroxyl groups excluding tert-OH is 1. The highest BCUT2D eigenvalue weighted by molar-refractivity contribution is 7.13. The number of nitrogens with zero attached hydrogens (tertiary/aromatic N) is 2. The summed E-state index contributed by atoms with van der Waals surface area (Å²) >= 11 is 7.48. The molecule has 1 amide bonds. The van der Waals surface area contributed by atoms with Crippen LogP contribution in [-0.2, 0) is 19.3 Å². The summed E-state index contributed by atoms with van der Waals surface area (Å²) < 4.78 is 1.79. The van der Waals surface area contributed by atoms with Gasteiger partial charge in [-0.15, -0.1) is 11.3 Å². The Morgan fingerprint density at radius 2 is 1.81 bits per heavy atom. The molecule has 8 heteroatoms. The minimum atomic E-state index is -0.568. The SMILES string of the molecule is CCc1cccc(CC)c1-n1c(CC(C)C)c(C(=O)N[C@@H]2CCC[C@H]2O)cc(-c2nc(-c3ccc(Cl)cc3)cs2)c1=O. The number of halogens is 1. The molecule has 0 bridgehead atoms. The molecular weight excluding hydrogens is 566 g/mol. The fourth-order valence-corrected chi connectivity index (χ4v) is 6.80. The van der Waals surface area contributed by atoms with E-state index in [4.69, 9.17) is 16.6 Å².